The number of benzene rings is 3. The molecule has 0 spiro atoms. The minimum atomic E-state index is -0.184. The molecule has 6 heteroatoms. The summed E-state index contributed by atoms with van der Waals surface area (Å²) >= 11 is 1.49. The summed E-state index contributed by atoms with van der Waals surface area (Å²) in [5.74, 6) is 0.842. The van der Waals surface area contributed by atoms with Gasteiger partial charge in [0.25, 0.3) is 5.56 Å². The predicted octanol–water partition coefficient (Wildman–Crippen LogP) is 5.63. The Morgan fingerprint density at radius 1 is 1.02 bits per heavy atom. The molecule has 0 N–H and O–H groups in total. The van der Waals surface area contributed by atoms with E-state index in [1.54, 1.807) is 0 Å². The smallest absolute Gasteiger partial charge is 0.271 e. The molecule has 3 aliphatic rings. The van der Waals surface area contributed by atoms with Gasteiger partial charge in [0, 0.05) is 24.3 Å². The zero-order valence-electron chi connectivity index (χ0n) is 23.0. The number of hydrogen-bond acceptors (Lipinski definition) is 5. The van der Waals surface area contributed by atoms with Gasteiger partial charge < -0.3 is 9.64 Å². The molecular formula is C34H33N3O2S. The normalized spacial score (nSPS) is 18.3. The lowest BCUT2D eigenvalue weighted by Gasteiger charge is -2.30. The highest BCUT2D eigenvalue weighted by atomic mass is 32.1. The van der Waals surface area contributed by atoms with E-state index in [-0.39, 0.29) is 11.6 Å². The van der Waals surface area contributed by atoms with Gasteiger partial charge in [-0.05, 0) is 97.7 Å². The zero-order valence-corrected chi connectivity index (χ0v) is 23.8. The SMILES string of the molecule is CCOc1ccc([C@H]2C3=C(N=c4s/c(=C\c5ccc(N6CCCC6)cc5C)c(=O)n42)c2ccccc2CC3)cc1. The molecule has 1 fully saturated rings. The summed E-state index contributed by atoms with van der Waals surface area (Å²) in [5, 5.41) is 0. The number of nitrogens with zero attached hydrogens (tertiary/aromatic N) is 3. The molecule has 4 aromatic rings. The molecule has 0 unspecified atom stereocenters. The summed E-state index contributed by atoms with van der Waals surface area (Å²) in [6.07, 6.45) is 6.40. The molecule has 202 valence electrons. The zero-order chi connectivity index (χ0) is 27.2. The second-order valence-electron chi connectivity index (χ2n) is 10.9. The molecule has 0 amide bonds. The number of aryl methyl sites for hydroxylation is 2. The second kappa shape index (κ2) is 10.3. The molecule has 1 saturated heterocycles. The first-order valence-electron chi connectivity index (χ1n) is 14.3. The van der Waals surface area contributed by atoms with Crippen molar-refractivity contribution < 1.29 is 4.74 Å². The van der Waals surface area contributed by atoms with Crippen LogP contribution in [0.4, 0.5) is 5.69 Å². The molecule has 0 radical (unpaired) electrons. The highest BCUT2D eigenvalue weighted by molar-refractivity contribution is 7.07. The molecule has 1 atom stereocenters. The van der Waals surface area contributed by atoms with Gasteiger partial charge in [-0.15, -0.1) is 0 Å². The van der Waals surface area contributed by atoms with Crippen LogP contribution in [0.25, 0.3) is 11.8 Å². The molecule has 7 rings (SSSR count). The Bertz CT molecular complexity index is 1810. The van der Waals surface area contributed by atoms with Crippen molar-refractivity contribution in [1.29, 1.82) is 0 Å². The van der Waals surface area contributed by atoms with Crippen LogP contribution in [0.3, 0.4) is 0 Å². The van der Waals surface area contributed by atoms with Crippen LogP contribution in [0.2, 0.25) is 0 Å². The Hall–Kier alpha value is -3.90. The van der Waals surface area contributed by atoms with Crippen LogP contribution < -0.4 is 24.5 Å². The van der Waals surface area contributed by atoms with Crippen molar-refractivity contribution in [2.75, 3.05) is 24.6 Å². The van der Waals surface area contributed by atoms with Gasteiger partial charge in [0.2, 0.25) is 0 Å². The van der Waals surface area contributed by atoms with E-state index in [1.165, 1.54) is 52.1 Å². The van der Waals surface area contributed by atoms with Crippen LogP contribution in [0, 0.1) is 6.92 Å². The van der Waals surface area contributed by atoms with E-state index in [9.17, 15) is 4.79 Å². The fourth-order valence-electron chi connectivity index (χ4n) is 6.37. The Morgan fingerprint density at radius 3 is 2.60 bits per heavy atom. The molecule has 1 aliphatic carbocycles. The highest BCUT2D eigenvalue weighted by Crippen LogP contribution is 2.41. The Labute approximate surface area is 238 Å². The average Bonchev–Trinajstić information content (AvgIpc) is 3.62. The number of hydrogen-bond donors (Lipinski definition) is 0. The number of fused-ring (bicyclic) bond motifs is 3. The minimum Gasteiger partial charge on any atom is -0.494 e. The summed E-state index contributed by atoms with van der Waals surface area (Å²) in [4.78, 5) is 22.5. The Kier molecular flexibility index (Phi) is 6.43. The molecule has 3 aromatic carbocycles. The molecule has 0 saturated carbocycles. The van der Waals surface area contributed by atoms with Gasteiger partial charge in [0.1, 0.15) is 5.75 Å². The fourth-order valence-corrected chi connectivity index (χ4v) is 7.36. The lowest BCUT2D eigenvalue weighted by molar-refractivity contribution is 0.340. The third-order valence-corrected chi connectivity index (χ3v) is 9.37. The van der Waals surface area contributed by atoms with Crippen molar-refractivity contribution in [3.05, 3.63) is 120 Å². The topological polar surface area (TPSA) is 46.8 Å². The number of ether oxygens (including phenoxy) is 1. The van der Waals surface area contributed by atoms with Gasteiger partial charge in [-0.25, -0.2) is 4.99 Å². The number of thiazole rings is 1. The highest BCUT2D eigenvalue weighted by Gasteiger charge is 2.32. The van der Waals surface area contributed by atoms with E-state index >= 15 is 0 Å². The van der Waals surface area contributed by atoms with Gasteiger partial charge in [-0.2, -0.15) is 0 Å². The quantitative estimate of drug-likeness (QED) is 0.326. The largest absolute Gasteiger partial charge is 0.494 e. The van der Waals surface area contributed by atoms with Crippen molar-refractivity contribution in [1.82, 2.24) is 4.57 Å². The first-order valence-corrected chi connectivity index (χ1v) is 15.1. The van der Waals surface area contributed by atoms with E-state index in [1.807, 2.05) is 23.6 Å². The first kappa shape index (κ1) is 25.1. The predicted molar refractivity (Wildman–Crippen MR) is 163 cm³/mol. The maximum absolute atomic E-state index is 14.1. The van der Waals surface area contributed by atoms with E-state index in [0.29, 0.717) is 6.61 Å². The fraction of sp³-hybridized carbons (Fsp3) is 0.294. The summed E-state index contributed by atoms with van der Waals surface area (Å²) in [6.45, 7) is 7.00. The van der Waals surface area contributed by atoms with Gasteiger partial charge in [-0.3, -0.25) is 9.36 Å². The number of rotatable bonds is 5. The van der Waals surface area contributed by atoms with Gasteiger partial charge in [0.15, 0.2) is 4.80 Å². The van der Waals surface area contributed by atoms with E-state index in [4.69, 9.17) is 9.73 Å². The van der Waals surface area contributed by atoms with Gasteiger partial charge in [0.05, 0.1) is 22.9 Å². The molecule has 1 aromatic heterocycles. The summed E-state index contributed by atoms with van der Waals surface area (Å²) < 4.78 is 8.36. The average molecular weight is 548 g/mol. The Balaban J connectivity index is 1.38. The van der Waals surface area contributed by atoms with E-state index in [0.717, 1.165) is 57.8 Å². The van der Waals surface area contributed by atoms with Crippen LogP contribution in [-0.4, -0.2) is 24.3 Å². The van der Waals surface area contributed by atoms with Crippen LogP contribution in [-0.2, 0) is 6.42 Å². The van der Waals surface area contributed by atoms with Crippen LogP contribution in [0.1, 0.15) is 60.0 Å². The summed E-state index contributed by atoms with van der Waals surface area (Å²) in [7, 11) is 0. The lowest BCUT2D eigenvalue weighted by Crippen LogP contribution is -2.38. The van der Waals surface area contributed by atoms with E-state index < -0.39 is 0 Å². The van der Waals surface area contributed by atoms with Crippen molar-refractivity contribution in [2.45, 2.75) is 45.6 Å². The van der Waals surface area contributed by atoms with Crippen LogP contribution >= 0.6 is 11.3 Å². The Morgan fingerprint density at radius 2 is 1.82 bits per heavy atom. The van der Waals surface area contributed by atoms with E-state index in [2.05, 4.69) is 72.5 Å². The van der Waals surface area contributed by atoms with Gasteiger partial charge >= 0.3 is 0 Å². The maximum atomic E-state index is 14.1. The van der Waals surface area contributed by atoms with Crippen LogP contribution in [0.5, 0.6) is 5.75 Å². The number of allylic oxidation sites excluding steroid dienone is 1. The number of anilines is 1. The third-order valence-electron chi connectivity index (χ3n) is 8.39. The summed E-state index contributed by atoms with van der Waals surface area (Å²) in [6, 6.07) is 23.2. The molecular weight excluding hydrogens is 514 g/mol. The molecule has 5 nitrogen and oxygen atoms in total. The minimum absolute atomic E-state index is 0.0241. The van der Waals surface area contributed by atoms with Crippen molar-refractivity contribution in [2.24, 2.45) is 4.99 Å². The summed E-state index contributed by atoms with van der Waals surface area (Å²) in [5.41, 5.74) is 9.41. The second-order valence-corrected chi connectivity index (χ2v) is 11.9. The molecule has 0 bridgehead atoms. The first-order chi connectivity index (χ1) is 19.6. The maximum Gasteiger partial charge on any atom is 0.271 e. The van der Waals surface area contributed by atoms with Crippen molar-refractivity contribution in [3.8, 4) is 5.75 Å². The van der Waals surface area contributed by atoms with Crippen molar-refractivity contribution >= 4 is 28.8 Å². The van der Waals surface area contributed by atoms with Crippen LogP contribution in [0.15, 0.2) is 82.1 Å². The monoisotopic (exact) mass is 547 g/mol. The molecule has 3 heterocycles. The third kappa shape index (κ3) is 4.31. The van der Waals surface area contributed by atoms with Crippen molar-refractivity contribution in [3.63, 3.8) is 0 Å². The van der Waals surface area contributed by atoms with Gasteiger partial charge in [-0.1, -0.05) is 53.8 Å². The number of aromatic nitrogens is 1. The molecule has 2 aliphatic heterocycles. The lowest BCUT2D eigenvalue weighted by atomic mass is 9.83. The standard InChI is InChI=1S/C34H33N3O2S/c1-3-39-27-15-11-24(12-16-27)32-29-17-13-23-8-4-5-9-28(23)31(29)35-34-37(32)33(38)30(40-34)21-25-10-14-26(20-22(25)2)36-18-6-7-19-36/h4-5,8-12,14-16,20-21,32H,3,6-7,13,17-19H2,1-2H3/b30-21-/t32-/m0/s1. The molecule has 40 heavy (non-hydrogen) atoms.